The molecule has 1 aliphatic heterocycles. The van der Waals surface area contributed by atoms with E-state index in [9.17, 15) is 14.7 Å². The van der Waals surface area contributed by atoms with Gasteiger partial charge in [0.1, 0.15) is 11.4 Å². The van der Waals surface area contributed by atoms with Gasteiger partial charge in [0, 0.05) is 25.8 Å². The van der Waals surface area contributed by atoms with Gasteiger partial charge in [0.15, 0.2) is 5.82 Å². The molecule has 1 saturated heterocycles. The number of aliphatic hydroxyl groups is 1. The van der Waals surface area contributed by atoms with Crippen molar-refractivity contribution in [2.45, 2.75) is 59.1 Å². The molecule has 2 aromatic heterocycles. The number of aryl methyl sites for hydroxylation is 1. The van der Waals surface area contributed by atoms with Gasteiger partial charge in [-0.2, -0.15) is 4.98 Å². The zero-order chi connectivity index (χ0) is 28.8. The van der Waals surface area contributed by atoms with Crippen molar-refractivity contribution in [1.29, 1.82) is 0 Å². The second-order valence-electron chi connectivity index (χ2n) is 10.9. The lowest BCUT2D eigenvalue weighted by Crippen LogP contribution is -2.57. The quantitative estimate of drug-likeness (QED) is 0.399. The number of carbonyl (C=O) groups excluding carboxylic acids is 1. The van der Waals surface area contributed by atoms with Crippen molar-refractivity contribution in [3.8, 4) is 5.69 Å². The first-order chi connectivity index (χ1) is 18.2. The highest BCUT2D eigenvalue weighted by Gasteiger charge is 2.35. The lowest BCUT2D eigenvalue weighted by molar-refractivity contribution is 0.0197. The predicted molar refractivity (Wildman–Crippen MR) is 153 cm³/mol. The van der Waals surface area contributed by atoms with Gasteiger partial charge in [-0.25, -0.2) is 14.0 Å². The molecule has 1 N–H and O–H groups in total. The number of halogens is 3. The molecule has 210 valence electrons. The van der Waals surface area contributed by atoms with Crippen LogP contribution in [0.2, 0.25) is 5.02 Å². The van der Waals surface area contributed by atoms with Crippen molar-refractivity contribution >= 4 is 50.3 Å². The number of benzene rings is 1. The average molecular weight is 625 g/mol. The molecule has 0 bridgehead atoms. The molecule has 4 rings (SSSR count). The van der Waals surface area contributed by atoms with Gasteiger partial charge in [0.2, 0.25) is 0 Å². The Hall–Kier alpha value is -2.76. The summed E-state index contributed by atoms with van der Waals surface area (Å²) < 4.78 is 22.1. The normalized spacial score (nSPS) is 16.3. The lowest BCUT2D eigenvalue weighted by atomic mass is 10.0. The van der Waals surface area contributed by atoms with E-state index < -0.39 is 29.2 Å². The Morgan fingerprint density at radius 2 is 2.03 bits per heavy atom. The van der Waals surface area contributed by atoms with Crippen molar-refractivity contribution < 1.29 is 19.0 Å². The highest BCUT2D eigenvalue weighted by atomic mass is 79.9. The number of anilines is 1. The third-order valence-corrected chi connectivity index (χ3v) is 7.56. The van der Waals surface area contributed by atoms with Gasteiger partial charge in [-0.15, -0.1) is 0 Å². The van der Waals surface area contributed by atoms with E-state index in [0.717, 1.165) is 5.56 Å². The molecule has 1 unspecified atom stereocenters. The van der Waals surface area contributed by atoms with Crippen molar-refractivity contribution in [3.05, 3.63) is 55.4 Å². The van der Waals surface area contributed by atoms with E-state index in [0.29, 0.717) is 22.3 Å². The first-order valence-electron chi connectivity index (χ1n) is 12.7. The number of hydrogen-bond donors (Lipinski definition) is 1. The maximum absolute atomic E-state index is 15.2. The Morgan fingerprint density at radius 1 is 1.33 bits per heavy atom. The van der Waals surface area contributed by atoms with Gasteiger partial charge in [-0.05, 0) is 67.2 Å². The highest BCUT2D eigenvalue weighted by molar-refractivity contribution is 9.10. The van der Waals surface area contributed by atoms with Crippen LogP contribution in [0.4, 0.5) is 15.0 Å². The van der Waals surface area contributed by atoms with Crippen molar-refractivity contribution in [1.82, 2.24) is 19.4 Å². The molecule has 1 aromatic carbocycles. The van der Waals surface area contributed by atoms with Crippen LogP contribution in [0.15, 0.2) is 27.6 Å². The number of carbonyl (C=O) groups is 1. The van der Waals surface area contributed by atoms with Gasteiger partial charge < -0.3 is 19.6 Å². The Morgan fingerprint density at radius 3 is 2.64 bits per heavy atom. The Balaban J connectivity index is 1.92. The zero-order valence-electron chi connectivity index (χ0n) is 22.8. The van der Waals surface area contributed by atoms with E-state index in [-0.39, 0.29) is 47.5 Å². The summed E-state index contributed by atoms with van der Waals surface area (Å²) in [4.78, 5) is 38.6. The minimum atomic E-state index is -0.697. The summed E-state index contributed by atoms with van der Waals surface area (Å²) in [6.07, 6.45) is 1.18. The number of aromatic nitrogens is 3. The smallest absolute Gasteiger partial charge is 0.410 e. The number of rotatable bonds is 4. The van der Waals surface area contributed by atoms with Crippen molar-refractivity contribution in [2.24, 2.45) is 0 Å². The first kappa shape index (κ1) is 29.2. The number of aliphatic hydroxyl groups excluding tert-OH is 1. The number of pyridine rings is 1. The van der Waals surface area contributed by atoms with Crippen LogP contribution in [0, 0.1) is 12.7 Å². The molecule has 39 heavy (non-hydrogen) atoms. The van der Waals surface area contributed by atoms with E-state index in [1.807, 2.05) is 20.8 Å². The third-order valence-electron chi connectivity index (χ3n) is 6.54. The molecule has 0 spiro atoms. The molecule has 9 nitrogen and oxygen atoms in total. The van der Waals surface area contributed by atoms with Crippen molar-refractivity contribution in [3.63, 3.8) is 0 Å². The van der Waals surface area contributed by atoms with E-state index >= 15 is 4.39 Å². The SMILES string of the molecule is Cc1ccnc(C(C)C)c1-n1c(=O)nc(N2CCN(C(=O)OC(C)(C)C)CC2CO)c2c(Br)c(F)c(Cl)cc21. The largest absolute Gasteiger partial charge is 0.444 e. The van der Waals surface area contributed by atoms with Gasteiger partial charge in [0.05, 0.1) is 44.4 Å². The number of amides is 1. The second kappa shape index (κ2) is 11.0. The molecule has 1 atom stereocenters. The summed E-state index contributed by atoms with van der Waals surface area (Å²) in [5.41, 5.74) is 1.10. The summed E-state index contributed by atoms with van der Waals surface area (Å²) in [6.45, 7) is 11.4. The molecule has 0 aliphatic carbocycles. The summed E-state index contributed by atoms with van der Waals surface area (Å²) >= 11 is 9.63. The van der Waals surface area contributed by atoms with Crippen molar-refractivity contribution in [2.75, 3.05) is 31.1 Å². The maximum Gasteiger partial charge on any atom is 0.410 e. The topological polar surface area (TPSA) is 101 Å². The Labute approximate surface area is 239 Å². The molecule has 12 heteroatoms. The van der Waals surface area contributed by atoms with Gasteiger partial charge in [0.25, 0.3) is 0 Å². The van der Waals surface area contributed by atoms with E-state index in [1.54, 1.807) is 37.9 Å². The number of nitrogens with zero attached hydrogens (tertiary/aromatic N) is 5. The van der Waals surface area contributed by atoms with Crippen LogP contribution < -0.4 is 10.6 Å². The number of hydrogen-bond acceptors (Lipinski definition) is 7. The van der Waals surface area contributed by atoms with Crippen LogP contribution in [-0.4, -0.2) is 68.5 Å². The van der Waals surface area contributed by atoms with Crippen LogP contribution in [0.3, 0.4) is 0 Å². The van der Waals surface area contributed by atoms with Crippen LogP contribution in [0.1, 0.15) is 51.8 Å². The van der Waals surface area contributed by atoms with E-state index in [1.165, 1.54) is 15.5 Å². The molecule has 1 aliphatic rings. The maximum atomic E-state index is 15.2. The fourth-order valence-electron chi connectivity index (χ4n) is 4.76. The molecule has 3 heterocycles. The van der Waals surface area contributed by atoms with Crippen LogP contribution in [-0.2, 0) is 4.74 Å². The number of piperazine rings is 1. The minimum absolute atomic E-state index is 0.0133. The second-order valence-corrected chi connectivity index (χ2v) is 12.1. The standard InChI is InChI=1S/C27H32BrClFN5O4/c1-14(2)22-23(15(3)7-8-31-22)35-18-11-17(29)21(30)20(28)19(18)24(32-25(35)37)34-10-9-33(12-16(34)13-36)26(38)39-27(4,5)6/h7-8,11,14,16,36H,9-10,12-13H2,1-6H3. The molecule has 0 saturated carbocycles. The fraction of sp³-hybridized carbons (Fsp3) is 0.481. The zero-order valence-corrected chi connectivity index (χ0v) is 25.1. The molecule has 1 fully saturated rings. The molecular weight excluding hydrogens is 593 g/mol. The van der Waals surface area contributed by atoms with Gasteiger partial charge in [-0.1, -0.05) is 25.4 Å². The van der Waals surface area contributed by atoms with Gasteiger partial charge in [-0.3, -0.25) is 9.55 Å². The highest BCUT2D eigenvalue weighted by Crippen LogP contribution is 2.39. The summed E-state index contributed by atoms with van der Waals surface area (Å²) in [5, 5.41) is 10.4. The Bertz CT molecular complexity index is 1490. The molecule has 1 amide bonds. The monoisotopic (exact) mass is 623 g/mol. The molecular formula is C27H32BrClFN5O4. The molecule has 3 aromatic rings. The number of fused-ring (bicyclic) bond motifs is 1. The van der Waals surface area contributed by atoms with Crippen LogP contribution >= 0.6 is 27.5 Å². The van der Waals surface area contributed by atoms with E-state index in [4.69, 9.17) is 16.3 Å². The summed E-state index contributed by atoms with van der Waals surface area (Å²) in [5.74, 6) is -0.526. The molecule has 0 radical (unpaired) electrons. The minimum Gasteiger partial charge on any atom is -0.444 e. The lowest BCUT2D eigenvalue weighted by Gasteiger charge is -2.42. The Kier molecular flexibility index (Phi) is 8.26. The summed E-state index contributed by atoms with van der Waals surface area (Å²) in [7, 11) is 0. The van der Waals surface area contributed by atoms with Crippen LogP contribution in [0.5, 0.6) is 0 Å². The van der Waals surface area contributed by atoms with E-state index in [2.05, 4.69) is 25.9 Å². The fourth-order valence-corrected chi connectivity index (χ4v) is 5.67. The number of ether oxygens (including phenoxy) is 1. The average Bonchev–Trinajstić information content (AvgIpc) is 2.85. The predicted octanol–water partition coefficient (Wildman–Crippen LogP) is 5.19. The summed E-state index contributed by atoms with van der Waals surface area (Å²) in [6, 6.07) is 2.59. The van der Waals surface area contributed by atoms with Gasteiger partial charge >= 0.3 is 11.8 Å². The van der Waals surface area contributed by atoms with Crippen LogP contribution in [0.25, 0.3) is 16.6 Å². The third kappa shape index (κ3) is 5.62. The first-order valence-corrected chi connectivity index (χ1v) is 13.8.